The SMILES string of the molecule is COc1ccc(S(=O)(=O)NCc2ccc3c(c2)CCCS3)cc1. The summed E-state index contributed by atoms with van der Waals surface area (Å²) >= 11 is 1.87. The van der Waals surface area contributed by atoms with Gasteiger partial charge in [-0.05, 0) is 60.1 Å². The summed E-state index contributed by atoms with van der Waals surface area (Å²) in [6, 6.07) is 12.6. The highest BCUT2D eigenvalue weighted by Gasteiger charge is 2.15. The number of benzene rings is 2. The number of fused-ring (bicyclic) bond motifs is 1. The Morgan fingerprint density at radius 1 is 1.17 bits per heavy atom. The van der Waals surface area contributed by atoms with Crippen molar-refractivity contribution in [3.05, 3.63) is 53.6 Å². The van der Waals surface area contributed by atoms with E-state index < -0.39 is 10.0 Å². The fourth-order valence-electron chi connectivity index (χ4n) is 2.54. The zero-order valence-electron chi connectivity index (χ0n) is 12.9. The molecule has 1 aliphatic heterocycles. The molecule has 1 aliphatic rings. The van der Waals surface area contributed by atoms with Crippen LogP contribution in [0.3, 0.4) is 0 Å². The first-order valence-electron chi connectivity index (χ1n) is 7.47. The maximum atomic E-state index is 12.3. The first-order chi connectivity index (χ1) is 11.1. The molecule has 0 amide bonds. The molecule has 3 rings (SSSR count). The number of ether oxygens (including phenoxy) is 1. The minimum Gasteiger partial charge on any atom is -0.497 e. The van der Waals surface area contributed by atoms with E-state index in [1.807, 2.05) is 17.8 Å². The van der Waals surface area contributed by atoms with Crippen molar-refractivity contribution in [2.24, 2.45) is 0 Å². The van der Waals surface area contributed by atoms with Crippen molar-refractivity contribution >= 4 is 21.8 Å². The van der Waals surface area contributed by atoms with Gasteiger partial charge in [0.15, 0.2) is 0 Å². The molecular formula is C17H19NO3S2. The van der Waals surface area contributed by atoms with Gasteiger partial charge in [-0.2, -0.15) is 0 Å². The average Bonchev–Trinajstić information content (AvgIpc) is 2.60. The van der Waals surface area contributed by atoms with Crippen LogP contribution >= 0.6 is 11.8 Å². The first-order valence-corrected chi connectivity index (χ1v) is 9.94. The molecule has 1 heterocycles. The van der Waals surface area contributed by atoms with E-state index in [0.717, 1.165) is 17.7 Å². The highest BCUT2D eigenvalue weighted by atomic mass is 32.2. The van der Waals surface area contributed by atoms with Gasteiger partial charge in [0.25, 0.3) is 0 Å². The molecule has 0 atom stereocenters. The third kappa shape index (κ3) is 3.88. The zero-order chi connectivity index (χ0) is 16.3. The topological polar surface area (TPSA) is 55.4 Å². The Kier molecular flexibility index (Phi) is 4.94. The van der Waals surface area contributed by atoms with Crippen LogP contribution in [0, 0.1) is 0 Å². The number of aryl methyl sites for hydroxylation is 1. The molecule has 0 bridgehead atoms. The Hall–Kier alpha value is -1.50. The highest BCUT2D eigenvalue weighted by Crippen LogP contribution is 2.30. The van der Waals surface area contributed by atoms with Crippen molar-refractivity contribution in [3.63, 3.8) is 0 Å². The Morgan fingerprint density at radius 2 is 1.96 bits per heavy atom. The monoisotopic (exact) mass is 349 g/mol. The van der Waals surface area contributed by atoms with Crippen molar-refractivity contribution in [2.75, 3.05) is 12.9 Å². The largest absolute Gasteiger partial charge is 0.497 e. The van der Waals surface area contributed by atoms with Crippen LogP contribution in [0.4, 0.5) is 0 Å². The predicted octanol–water partition coefficient (Wildman–Crippen LogP) is 3.21. The number of hydrogen-bond acceptors (Lipinski definition) is 4. The summed E-state index contributed by atoms with van der Waals surface area (Å²) in [5.74, 6) is 1.80. The molecule has 0 fully saturated rings. The van der Waals surface area contributed by atoms with E-state index in [-0.39, 0.29) is 4.90 Å². The maximum Gasteiger partial charge on any atom is 0.240 e. The minimum absolute atomic E-state index is 0.242. The number of rotatable bonds is 5. The maximum absolute atomic E-state index is 12.3. The molecule has 0 aromatic heterocycles. The molecule has 0 saturated carbocycles. The van der Waals surface area contributed by atoms with Gasteiger partial charge in [-0.25, -0.2) is 13.1 Å². The third-order valence-corrected chi connectivity index (χ3v) is 6.43. The van der Waals surface area contributed by atoms with Gasteiger partial charge >= 0.3 is 0 Å². The molecule has 2 aromatic carbocycles. The normalized spacial score (nSPS) is 14.3. The highest BCUT2D eigenvalue weighted by molar-refractivity contribution is 7.99. The lowest BCUT2D eigenvalue weighted by Crippen LogP contribution is -2.23. The standard InChI is InChI=1S/C17H19NO3S2/c1-21-15-5-7-16(8-6-15)23(19,20)18-12-13-4-9-17-14(11-13)3-2-10-22-17/h4-9,11,18H,2-3,10,12H2,1H3. The van der Waals surface area contributed by atoms with E-state index in [1.54, 1.807) is 31.4 Å². The van der Waals surface area contributed by atoms with Crippen LogP contribution in [0.15, 0.2) is 52.3 Å². The van der Waals surface area contributed by atoms with Crippen molar-refractivity contribution < 1.29 is 13.2 Å². The van der Waals surface area contributed by atoms with Gasteiger partial charge in [0, 0.05) is 11.4 Å². The Bertz CT molecular complexity index is 786. The molecule has 23 heavy (non-hydrogen) atoms. The molecular weight excluding hydrogens is 330 g/mol. The Labute approximate surface area is 141 Å². The average molecular weight is 349 g/mol. The van der Waals surface area contributed by atoms with Crippen molar-refractivity contribution in [3.8, 4) is 5.75 Å². The second kappa shape index (κ2) is 6.95. The summed E-state index contributed by atoms with van der Waals surface area (Å²) in [6.45, 7) is 0.298. The van der Waals surface area contributed by atoms with Crippen molar-refractivity contribution in [1.82, 2.24) is 4.72 Å². The van der Waals surface area contributed by atoms with Crippen molar-refractivity contribution in [1.29, 1.82) is 0 Å². The fourth-order valence-corrected chi connectivity index (χ4v) is 4.58. The van der Waals surface area contributed by atoms with E-state index >= 15 is 0 Å². The molecule has 1 N–H and O–H groups in total. The molecule has 0 unspecified atom stereocenters. The second-order valence-corrected chi connectivity index (χ2v) is 8.30. The molecule has 0 saturated heterocycles. The third-order valence-electron chi connectivity index (χ3n) is 3.81. The number of sulfonamides is 1. The molecule has 4 nitrogen and oxygen atoms in total. The van der Waals surface area contributed by atoms with E-state index in [4.69, 9.17) is 4.74 Å². The quantitative estimate of drug-likeness (QED) is 0.900. The smallest absolute Gasteiger partial charge is 0.240 e. The Morgan fingerprint density at radius 3 is 2.70 bits per heavy atom. The van der Waals surface area contributed by atoms with Crippen LogP contribution in [-0.2, 0) is 23.0 Å². The summed E-state index contributed by atoms with van der Waals surface area (Å²) in [5, 5.41) is 0. The van der Waals surface area contributed by atoms with Gasteiger partial charge in [0.1, 0.15) is 5.75 Å². The Balaban J connectivity index is 1.71. The van der Waals surface area contributed by atoms with Gasteiger partial charge in [0.05, 0.1) is 12.0 Å². The van der Waals surface area contributed by atoms with Crippen LogP contribution in [0.1, 0.15) is 17.5 Å². The number of thioether (sulfide) groups is 1. The summed E-state index contributed by atoms with van der Waals surface area (Å²) < 4.78 is 32.4. The minimum atomic E-state index is -3.52. The summed E-state index contributed by atoms with van der Waals surface area (Å²) in [4.78, 5) is 1.56. The summed E-state index contributed by atoms with van der Waals surface area (Å²) in [6.07, 6.45) is 2.25. The fraction of sp³-hybridized carbons (Fsp3) is 0.294. The molecule has 6 heteroatoms. The second-order valence-electron chi connectivity index (χ2n) is 5.39. The van der Waals surface area contributed by atoms with E-state index in [1.165, 1.54) is 16.9 Å². The van der Waals surface area contributed by atoms with Gasteiger partial charge in [-0.1, -0.05) is 12.1 Å². The van der Waals surface area contributed by atoms with Crippen LogP contribution < -0.4 is 9.46 Å². The molecule has 2 aromatic rings. The first kappa shape index (κ1) is 16.4. The number of hydrogen-bond donors (Lipinski definition) is 1. The van der Waals surface area contributed by atoms with Crippen LogP contribution in [0.5, 0.6) is 5.75 Å². The van der Waals surface area contributed by atoms with Crippen LogP contribution in [-0.4, -0.2) is 21.3 Å². The lowest BCUT2D eigenvalue weighted by atomic mass is 10.1. The number of methoxy groups -OCH3 is 1. The summed E-state index contributed by atoms with van der Waals surface area (Å²) in [7, 11) is -1.96. The van der Waals surface area contributed by atoms with Gasteiger partial charge in [-0.15, -0.1) is 11.8 Å². The number of nitrogens with one attached hydrogen (secondary N) is 1. The van der Waals surface area contributed by atoms with E-state index in [2.05, 4.69) is 16.9 Å². The zero-order valence-corrected chi connectivity index (χ0v) is 14.5. The van der Waals surface area contributed by atoms with Crippen LogP contribution in [0.2, 0.25) is 0 Å². The molecule has 0 aliphatic carbocycles. The van der Waals surface area contributed by atoms with Gasteiger partial charge in [0.2, 0.25) is 10.0 Å². The lowest BCUT2D eigenvalue weighted by molar-refractivity contribution is 0.414. The van der Waals surface area contributed by atoms with Crippen LogP contribution in [0.25, 0.3) is 0 Å². The summed E-state index contributed by atoms with van der Waals surface area (Å²) in [5.41, 5.74) is 2.31. The lowest BCUT2D eigenvalue weighted by Gasteiger charge is -2.16. The molecule has 122 valence electrons. The molecule has 0 radical (unpaired) electrons. The van der Waals surface area contributed by atoms with Crippen molar-refractivity contribution in [2.45, 2.75) is 29.2 Å². The van der Waals surface area contributed by atoms with E-state index in [9.17, 15) is 8.42 Å². The predicted molar refractivity (Wildman–Crippen MR) is 92.5 cm³/mol. The molecule has 0 spiro atoms. The van der Waals surface area contributed by atoms with Gasteiger partial charge in [-0.3, -0.25) is 0 Å². The van der Waals surface area contributed by atoms with E-state index in [0.29, 0.717) is 12.3 Å². The van der Waals surface area contributed by atoms with Gasteiger partial charge < -0.3 is 4.74 Å².